The fourth-order valence-electron chi connectivity index (χ4n) is 9.94. The molecular weight excluding hydrogens is 873 g/mol. The van der Waals surface area contributed by atoms with Crippen molar-refractivity contribution in [2.24, 2.45) is 0 Å². The Morgan fingerprint density at radius 2 is 1.53 bits per heavy atom. The van der Waals surface area contributed by atoms with Crippen LogP contribution >= 0.6 is 0 Å². The first-order valence-electron chi connectivity index (χ1n) is 25.0. The molecule has 72 heavy (non-hydrogen) atoms. The van der Waals surface area contributed by atoms with E-state index in [-0.39, 0.29) is 12.0 Å². The van der Waals surface area contributed by atoms with Gasteiger partial charge in [0, 0.05) is 40.9 Å². The lowest BCUT2D eigenvalue weighted by atomic mass is 9.86. The van der Waals surface area contributed by atoms with Crippen molar-refractivity contribution in [2.75, 3.05) is 16.8 Å². The Hall–Kier alpha value is -8.40. The molecule has 4 aliphatic rings. The number of hydrogen-bond acceptors (Lipinski definition) is 3. The van der Waals surface area contributed by atoms with Gasteiger partial charge in [0.25, 0.3) is 0 Å². The normalized spacial score (nSPS) is 17.8. The highest BCUT2D eigenvalue weighted by Crippen LogP contribution is 2.47. The van der Waals surface area contributed by atoms with E-state index in [0.29, 0.717) is 0 Å². The maximum atomic E-state index is 6.37. The van der Waals surface area contributed by atoms with Crippen molar-refractivity contribution in [3.8, 4) is 5.75 Å². The lowest BCUT2D eigenvalue weighted by Crippen LogP contribution is -2.37. The van der Waals surface area contributed by atoms with Crippen molar-refractivity contribution in [3.05, 3.63) is 323 Å². The zero-order valence-corrected chi connectivity index (χ0v) is 42.6. The second-order valence-corrected chi connectivity index (χ2v) is 18.2. The molecule has 8 rings (SSSR count). The Labute approximate surface area is 429 Å². The van der Waals surface area contributed by atoms with Crippen molar-refractivity contribution in [2.45, 2.75) is 52.5 Å². The number of anilines is 2. The third-order valence-electron chi connectivity index (χ3n) is 13.5. The molecule has 3 heteroatoms. The van der Waals surface area contributed by atoms with Crippen LogP contribution in [-0.4, -0.2) is 13.1 Å². The van der Waals surface area contributed by atoms with Crippen LogP contribution in [0.5, 0.6) is 5.75 Å². The summed E-state index contributed by atoms with van der Waals surface area (Å²) >= 11 is 0. The van der Waals surface area contributed by atoms with Crippen LogP contribution in [0.15, 0.2) is 295 Å². The topological polar surface area (TPSA) is 15.7 Å². The number of likely N-dealkylation sites (N-methyl/N-ethyl adjacent to an activating group) is 1. The molecule has 4 aromatic rings. The Balaban J connectivity index is 1.19. The molecule has 0 aromatic heterocycles. The van der Waals surface area contributed by atoms with Crippen LogP contribution in [0, 0.1) is 0 Å². The SMILES string of the molecule is C=C/C=C(/C1=CCC=C(N(C(/C=C\C)=C/C(=C)/C(=C/C=C\C)C(=C)c2ccccc2N(C)C2C=CC=C3Oc4ccccc4C32)c2ccc(C(=C)c3ccccc3/C=C\C)cc2)C=C1)C1=C(C)CC=CC=C1. The first-order valence-corrected chi connectivity index (χ1v) is 25.0. The molecule has 358 valence electrons. The Morgan fingerprint density at radius 1 is 0.764 bits per heavy atom. The Bertz CT molecular complexity index is 3220. The number of para-hydroxylation sites is 2. The van der Waals surface area contributed by atoms with E-state index in [1.54, 1.807) is 0 Å². The third-order valence-corrected chi connectivity index (χ3v) is 13.5. The minimum absolute atomic E-state index is 0.0237. The lowest BCUT2D eigenvalue weighted by Gasteiger charge is -2.35. The van der Waals surface area contributed by atoms with Gasteiger partial charge in [-0.2, -0.15) is 0 Å². The predicted molar refractivity (Wildman–Crippen MR) is 312 cm³/mol. The number of benzene rings is 4. The highest BCUT2D eigenvalue weighted by atomic mass is 16.5. The zero-order chi connectivity index (χ0) is 50.6. The fourth-order valence-corrected chi connectivity index (χ4v) is 9.94. The van der Waals surface area contributed by atoms with Crippen LogP contribution in [0.2, 0.25) is 0 Å². The van der Waals surface area contributed by atoms with Gasteiger partial charge in [-0.15, -0.1) is 0 Å². The summed E-state index contributed by atoms with van der Waals surface area (Å²) < 4.78 is 6.37. The fraction of sp³-hybridized carbons (Fsp3) is 0.130. The summed E-state index contributed by atoms with van der Waals surface area (Å²) in [5.74, 6) is 1.96. The molecule has 0 radical (unpaired) electrons. The van der Waals surface area contributed by atoms with E-state index in [9.17, 15) is 0 Å². The van der Waals surface area contributed by atoms with Gasteiger partial charge in [0.2, 0.25) is 0 Å². The van der Waals surface area contributed by atoms with Gasteiger partial charge < -0.3 is 14.5 Å². The molecule has 1 aliphatic heterocycles. The van der Waals surface area contributed by atoms with Crippen LogP contribution < -0.4 is 14.5 Å². The van der Waals surface area contributed by atoms with Crippen LogP contribution in [0.25, 0.3) is 17.2 Å². The van der Waals surface area contributed by atoms with E-state index in [1.807, 2.05) is 32.1 Å². The standard InChI is InChI=1S/C69H66N2O/c1-10-14-33-59(52(8)62-36-20-22-38-65(62)70(9)66-39-25-41-68-69(66)64-37-21-23-40-67(64)72-68)50(6)48-58(27-12-3)71(57-45-42-53(43-46-57)51(7)61-35-19-18-30-54(61)26-11-2)56-32-24-31-55(44-47-56)63(28-13-4)60-34-17-15-16-29-49(60)5/h10-23,25-28,30-48,66,69H,4,6-8,24,29H2,1-3,5,9H3/b14-10-,26-11-,27-12-,58-48+,59-33-,63-28-. The molecule has 0 spiro atoms. The summed E-state index contributed by atoms with van der Waals surface area (Å²) in [6, 6.07) is 34.1. The van der Waals surface area contributed by atoms with Crippen molar-refractivity contribution >= 4 is 28.6 Å². The van der Waals surface area contributed by atoms with E-state index < -0.39 is 0 Å². The van der Waals surface area contributed by atoms with Gasteiger partial charge in [-0.25, -0.2) is 0 Å². The second kappa shape index (κ2) is 23.5. The number of ether oxygens (including phenoxy) is 1. The first kappa shape index (κ1) is 50.0. The van der Waals surface area contributed by atoms with Gasteiger partial charge >= 0.3 is 0 Å². The van der Waals surface area contributed by atoms with Gasteiger partial charge in [0.15, 0.2) is 0 Å². The van der Waals surface area contributed by atoms with Crippen molar-refractivity contribution in [3.63, 3.8) is 0 Å². The quantitative estimate of drug-likeness (QED) is 0.0981. The van der Waals surface area contributed by atoms with Gasteiger partial charge in [-0.05, 0) is 145 Å². The van der Waals surface area contributed by atoms with Crippen molar-refractivity contribution < 1.29 is 4.74 Å². The molecule has 0 saturated heterocycles. The molecule has 2 atom stereocenters. The summed E-state index contributed by atoms with van der Waals surface area (Å²) in [5, 5.41) is 0. The number of hydrogen-bond donors (Lipinski definition) is 0. The van der Waals surface area contributed by atoms with Crippen LogP contribution in [-0.2, 0) is 0 Å². The van der Waals surface area contributed by atoms with Gasteiger partial charge in [0.1, 0.15) is 11.5 Å². The van der Waals surface area contributed by atoms with Crippen molar-refractivity contribution in [1.29, 1.82) is 0 Å². The molecule has 1 heterocycles. The average molecular weight is 939 g/mol. The van der Waals surface area contributed by atoms with E-state index >= 15 is 0 Å². The summed E-state index contributed by atoms with van der Waals surface area (Å²) in [5.41, 5.74) is 18.0. The molecule has 0 saturated carbocycles. The largest absolute Gasteiger partial charge is 0.461 e. The smallest absolute Gasteiger partial charge is 0.130 e. The highest BCUT2D eigenvalue weighted by molar-refractivity contribution is 5.90. The maximum Gasteiger partial charge on any atom is 0.130 e. The van der Waals surface area contributed by atoms with Crippen LogP contribution in [0.4, 0.5) is 11.4 Å². The second-order valence-electron chi connectivity index (χ2n) is 18.2. The average Bonchev–Trinajstić information content (AvgIpc) is 3.48. The monoisotopic (exact) mass is 939 g/mol. The molecule has 0 bridgehead atoms. The molecule has 0 amide bonds. The zero-order valence-electron chi connectivity index (χ0n) is 42.6. The summed E-state index contributed by atoms with van der Waals surface area (Å²) in [4.78, 5) is 4.69. The summed E-state index contributed by atoms with van der Waals surface area (Å²) in [7, 11) is 2.17. The third kappa shape index (κ3) is 10.8. The predicted octanol–water partition coefficient (Wildman–Crippen LogP) is 18.0. The summed E-state index contributed by atoms with van der Waals surface area (Å²) in [6.07, 6.45) is 46.8. The van der Waals surface area contributed by atoms with E-state index in [0.717, 1.165) is 103 Å². The van der Waals surface area contributed by atoms with Crippen molar-refractivity contribution in [1.82, 2.24) is 0 Å². The molecule has 4 aromatic carbocycles. The molecule has 0 N–H and O–H groups in total. The number of nitrogens with zero attached hydrogens (tertiary/aromatic N) is 2. The van der Waals surface area contributed by atoms with Gasteiger partial charge in [-0.3, -0.25) is 0 Å². The molecule has 2 unspecified atom stereocenters. The Kier molecular flexibility index (Phi) is 16.3. The van der Waals surface area contributed by atoms with Crippen LogP contribution in [0.1, 0.15) is 74.3 Å². The van der Waals surface area contributed by atoms with E-state index in [2.05, 4.69) is 250 Å². The van der Waals surface area contributed by atoms with Gasteiger partial charge in [-0.1, -0.05) is 208 Å². The maximum absolute atomic E-state index is 6.37. The number of allylic oxidation sites excluding steroid dienone is 26. The van der Waals surface area contributed by atoms with E-state index in [1.165, 1.54) is 16.7 Å². The minimum atomic E-state index is 0.0237. The van der Waals surface area contributed by atoms with Gasteiger partial charge in [0.05, 0.1) is 12.0 Å². The molecule has 3 nitrogen and oxygen atoms in total. The number of fused-ring (bicyclic) bond motifs is 3. The minimum Gasteiger partial charge on any atom is -0.461 e. The lowest BCUT2D eigenvalue weighted by molar-refractivity contribution is 0.414. The van der Waals surface area contributed by atoms with E-state index in [4.69, 9.17) is 17.9 Å². The highest BCUT2D eigenvalue weighted by Gasteiger charge is 2.38. The summed E-state index contributed by atoms with van der Waals surface area (Å²) in [6.45, 7) is 26.7. The first-order chi connectivity index (χ1) is 35.2. The molecular formula is C69H66N2O. The Morgan fingerprint density at radius 3 is 2.31 bits per heavy atom. The molecule has 3 aliphatic carbocycles. The number of rotatable bonds is 17. The van der Waals surface area contributed by atoms with Crippen LogP contribution in [0.3, 0.4) is 0 Å². The molecule has 0 fully saturated rings.